The molecule has 1 aromatic heterocycles. The van der Waals surface area contributed by atoms with E-state index in [0.29, 0.717) is 0 Å². The van der Waals surface area contributed by atoms with E-state index in [1.54, 1.807) is 20.8 Å². The van der Waals surface area contributed by atoms with Crippen molar-refractivity contribution in [2.45, 2.75) is 26.4 Å². The lowest BCUT2D eigenvalue weighted by Crippen LogP contribution is -2.26. The van der Waals surface area contributed by atoms with Crippen molar-refractivity contribution >= 4 is 12.2 Å². The molecule has 0 aliphatic heterocycles. The van der Waals surface area contributed by atoms with Crippen molar-refractivity contribution in [3.05, 3.63) is 24.0 Å². The Morgan fingerprint density at radius 2 is 2.29 bits per heavy atom. The number of hydrogen-bond acceptors (Lipinski definition) is 4. The molecule has 0 spiro atoms. The molecule has 0 radical (unpaired) electrons. The van der Waals surface area contributed by atoms with Crippen LogP contribution in [0.25, 0.3) is 6.08 Å². The summed E-state index contributed by atoms with van der Waals surface area (Å²) in [6.45, 7) is 5.20. The first-order valence-electron chi connectivity index (χ1n) is 4.86. The molecule has 0 aromatic carbocycles. The molecule has 0 N–H and O–H groups in total. The van der Waals surface area contributed by atoms with E-state index in [0.717, 1.165) is 10.6 Å². The fourth-order valence-electron chi connectivity index (χ4n) is 0.989. The third-order valence-corrected chi connectivity index (χ3v) is 1.59. The van der Waals surface area contributed by atoms with Gasteiger partial charge in [0.25, 0.3) is 0 Å². The molecule has 0 unspecified atom stereocenters. The van der Waals surface area contributed by atoms with E-state index in [4.69, 9.17) is 10.00 Å². The molecule has 0 bridgehead atoms. The maximum absolute atomic E-state index is 12.6. The first-order valence-corrected chi connectivity index (χ1v) is 4.86. The van der Waals surface area contributed by atoms with Crippen LogP contribution in [0.1, 0.15) is 26.5 Å². The molecular weight excluding hydrogens is 225 g/mol. The van der Waals surface area contributed by atoms with Gasteiger partial charge in [-0.3, -0.25) is 0 Å². The van der Waals surface area contributed by atoms with Crippen LogP contribution in [0.5, 0.6) is 0 Å². The number of allylic oxidation sites excluding steroid dienone is 1. The Balaban J connectivity index is 2.83. The molecule has 5 nitrogen and oxygen atoms in total. The van der Waals surface area contributed by atoms with Gasteiger partial charge in [0, 0.05) is 12.3 Å². The minimum Gasteiger partial charge on any atom is -0.443 e. The van der Waals surface area contributed by atoms with E-state index in [-0.39, 0.29) is 5.69 Å². The van der Waals surface area contributed by atoms with E-state index in [1.807, 2.05) is 0 Å². The first-order chi connectivity index (χ1) is 7.81. The summed E-state index contributed by atoms with van der Waals surface area (Å²) >= 11 is 0. The minimum atomic E-state index is -0.973. The van der Waals surface area contributed by atoms with Crippen LogP contribution in [0, 0.1) is 11.3 Å². The van der Waals surface area contributed by atoms with Crippen molar-refractivity contribution < 1.29 is 13.9 Å². The molecule has 0 saturated carbocycles. The highest BCUT2D eigenvalue weighted by Crippen LogP contribution is 2.10. The second kappa shape index (κ2) is 4.78. The van der Waals surface area contributed by atoms with E-state index in [9.17, 15) is 9.18 Å². The molecule has 0 atom stereocenters. The van der Waals surface area contributed by atoms with Crippen LogP contribution >= 0.6 is 0 Å². The largest absolute Gasteiger partial charge is 0.443 e. The smallest absolute Gasteiger partial charge is 0.419 e. The highest BCUT2D eigenvalue weighted by atomic mass is 19.1. The zero-order valence-corrected chi connectivity index (χ0v) is 9.77. The minimum absolute atomic E-state index is 0.176. The summed E-state index contributed by atoms with van der Waals surface area (Å²) < 4.78 is 18.8. The number of rotatable bonds is 1. The van der Waals surface area contributed by atoms with Crippen LogP contribution in [-0.4, -0.2) is 21.2 Å². The van der Waals surface area contributed by atoms with Crippen molar-refractivity contribution in [3.8, 4) is 6.07 Å². The number of nitrogens with zero attached hydrogens (tertiary/aromatic N) is 3. The van der Waals surface area contributed by atoms with Gasteiger partial charge in [-0.1, -0.05) is 0 Å². The number of halogens is 1. The molecular formula is C11H12FN3O2. The van der Waals surface area contributed by atoms with Crippen LogP contribution in [-0.2, 0) is 4.74 Å². The molecule has 90 valence electrons. The maximum Gasteiger partial charge on any atom is 0.419 e. The average molecular weight is 237 g/mol. The van der Waals surface area contributed by atoms with E-state index in [1.165, 1.54) is 18.6 Å². The Morgan fingerprint density at radius 1 is 1.65 bits per heavy atom. The third kappa shape index (κ3) is 4.07. The Kier molecular flexibility index (Phi) is 3.63. The molecule has 0 saturated heterocycles. The SMILES string of the molecule is CC(C)(C)OC(=O)n1cnc(/C=C(\F)C#N)c1. The molecule has 6 heteroatoms. The van der Waals surface area contributed by atoms with Crippen LogP contribution in [0.15, 0.2) is 18.4 Å². The summed E-state index contributed by atoms with van der Waals surface area (Å²) in [5.41, 5.74) is -0.440. The van der Waals surface area contributed by atoms with Crippen LogP contribution in [0.4, 0.5) is 9.18 Å². The van der Waals surface area contributed by atoms with Gasteiger partial charge < -0.3 is 4.74 Å². The fraction of sp³-hybridized carbons (Fsp3) is 0.364. The Hall–Kier alpha value is -2.16. The average Bonchev–Trinajstić information content (AvgIpc) is 2.63. The van der Waals surface area contributed by atoms with Gasteiger partial charge in [-0.25, -0.2) is 14.3 Å². The highest BCUT2D eigenvalue weighted by Gasteiger charge is 2.17. The van der Waals surface area contributed by atoms with Crippen molar-refractivity contribution in [1.82, 2.24) is 9.55 Å². The standard InChI is InChI=1S/C11H12FN3O2/c1-11(2,3)17-10(16)15-6-9(14-7-15)4-8(12)5-13/h4,6-7H,1-3H3/b8-4-. The summed E-state index contributed by atoms with van der Waals surface area (Å²) in [7, 11) is 0. The normalized spacial score (nSPS) is 12.1. The monoisotopic (exact) mass is 237 g/mol. The second-order valence-electron chi connectivity index (χ2n) is 4.29. The summed E-state index contributed by atoms with van der Waals surface area (Å²) in [6, 6.07) is 1.32. The van der Waals surface area contributed by atoms with Gasteiger partial charge in [0.15, 0.2) is 0 Å². The Labute approximate surface area is 98.1 Å². The molecule has 17 heavy (non-hydrogen) atoms. The molecule has 1 rings (SSSR count). The lowest BCUT2D eigenvalue weighted by Gasteiger charge is -2.18. The number of nitriles is 1. The van der Waals surface area contributed by atoms with Crippen LogP contribution < -0.4 is 0 Å². The Morgan fingerprint density at radius 3 is 2.82 bits per heavy atom. The number of aromatic nitrogens is 2. The number of carbonyl (C=O) groups excluding carboxylic acids is 1. The summed E-state index contributed by atoms with van der Waals surface area (Å²) in [5.74, 6) is -0.973. The van der Waals surface area contributed by atoms with Gasteiger partial charge >= 0.3 is 6.09 Å². The maximum atomic E-state index is 12.6. The molecule has 1 aromatic rings. The lowest BCUT2D eigenvalue weighted by atomic mass is 10.2. The van der Waals surface area contributed by atoms with Gasteiger partial charge in [-0.15, -0.1) is 0 Å². The molecule has 0 amide bonds. The van der Waals surface area contributed by atoms with Gasteiger partial charge in [0.1, 0.15) is 18.0 Å². The molecule has 1 heterocycles. The van der Waals surface area contributed by atoms with Gasteiger partial charge in [-0.05, 0) is 20.8 Å². The molecule has 0 fully saturated rings. The molecule has 0 aliphatic rings. The van der Waals surface area contributed by atoms with E-state index >= 15 is 0 Å². The fourth-order valence-corrected chi connectivity index (χ4v) is 0.989. The third-order valence-electron chi connectivity index (χ3n) is 1.59. The Bertz CT molecular complexity index is 492. The van der Waals surface area contributed by atoms with Crippen molar-refractivity contribution in [2.24, 2.45) is 0 Å². The van der Waals surface area contributed by atoms with Crippen LogP contribution in [0.3, 0.4) is 0 Å². The molecule has 0 aliphatic carbocycles. The van der Waals surface area contributed by atoms with Crippen molar-refractivity contribution in [3.63, 3.8) is 0 Å². The summed E-state index contributed by atoms with van der Waals surface area (Å²) in [6.07, 6.45) is 2.80. The predicted octanol–water partition coefficient (Wildman–Crippen LogP) is 2.50. The van der Waals surface area contributed by atoms with Crippen molar-refractivity contribution in [1.29, 1.82) is 5.26 Å². The second-order valence-corrected chi connectivity index (χ2v) is 4.29. The quantitative estimate of drug-likeness (QED) is 0.704. The number of carbonyl (C=O) groups is 1. The topological polar surface area (TPSA) is 67.9 Å². The summed E-state index contributed by atoms with van der Waals surface area (Å²) in [4.78, 5) is 15.3. The van der Waals surface area contributed by atoms with Crippen molar-refractivity contribution in [2.75, 3.05) is 0 Å². The first kappa shape index (κ1) is 12.9. The zero-order valence-electron chi connectivity index (χ0n) is 9.77. The van der Waals surface area contributed by atoms with E-state index < -0.39 is 17.5 Å². The lowest BCUT2D eigenvalue weighted by molar-refractivity contribution is 0.0536. The van der Waals surface area contributed by atoms with Crippen LogP contribution in [0.2, 0.25) is 0 Å². The number of ether oxygens (including phenoxy) is 1. The summed E-state index contributed by atoms with van der Waals surface area (Å²) in [5, 5.41) is 8.25. The van der Waals surface area contributed by atoms with E-state index in [2.05, 4.69) is 4.98 Å². The highest BCUT2D eigenvalue weighted by molar-refractivity contribution is 5.71. The van der Waals surface area contributed by atoms with Gasteiger partial charge in [0.05, 0.1) is 5.69 Å². The predicted molar refractivity (Wildman–Crippen MR) is 58.6 cm³/mol. The zero-order chi connectivity index (χ0) is 13.1. The number of hydrogen-bond donors (Lipinski definition) is 0. The van der Waals surface area contributed by atoms with Gasteiger partial charge in [-0.2, -0.15) is 9.65 Å². The van der Waals surface area contributed by atoms with Gasteiger partial charge in [0.2, 0.25) is 5.83 Å². The number of imidazole rings is 1.